The number of amides is 2. The molecule has 0 bridgehead atoms. The Bertz CT molecular complexity index is 928. The highest BCUT2D eigenvalue weighted by Crippen LogP contribution is 2.42. The van der Waals surface area contributed by atoms with E-state index in [1.807, 2.05) is 30.3 Å². The largest absolute Gasteiger partial charge is 0.455 e. The summed E-state index contributed by atoms with van der Waals surface area (Å²) < 4.78 is 31.3. The standard InChI is InChI=1S/C22H22F2N2O4/c23-17-9-8-16(12-18(17)24)26-19(27)13-25-20(28)14-30-21(29)22(10-4-5-11-22)15-6-2-1-3-7-15/h1-3,6-9,12H,4-5,10-11,13-14H2,(H,25,28)(H,26,27). The van der Waals surface area contributed by atoms with E-state index in [1.165, 1.54) is 6.07 Å². The zero-order valence-electron chi connectivity index (χ0n) is 16.3. The number of benzene rings is 2. The minimum atomic E-state index is -1.09. The molecule has 0 heterocycles. The molecule has 1 saturated carbocycles. The van der Waals surface area contributed by atoms with Crippen LogP contribution < -0.4 is 10.6 Å². The number of hydrogen-bond acceptors (Lipinski definition) is 4. The first-order valence-electron chi connectivity index (χ1n) is 9.65. The summed E-state index contributed by atoms with van der Waals surface area (Å²) in [4.78, 5) is 36.6. The van der Waals surface area contributed by atoms with Gasteiger partial charge in [0.15, 0.2) is 18.2 Å². The van der Waals surface area contributed by atoms with Gasteiger partial charge in [-0.25, -0.2) is 8.78 Å². The second-order valence-corrected chi connectivity index (χ2v) is 7.19. The van der Waals surface area contributed by atoms with Crippen molar-refractivity contribution < 1.29 is 27.9 Å². The number of ether oxygens (including phenoxy) is 1. The molecule has 0 radical (unpaired) electrons. The van der Waals surface area contributed by atoms with Crippen molar-refractivity contribution in [2.45, 2.75) is 31.1 Å². The van der Waals surface area contributed by atoms with Gasteiger partial charge in [-0.1, -0.05) is 43.2 Å². The Morgan fingerprint density at radius 3 is 2.30 bits per heavy atom. The lowest BCUT2D eigenvalue weighted by Crippen LogP contribution is -2.39. The molecule has 2 aromatic carbocycles. The summed E-state index contributed by atoms with van der Waals surface area (Å²) in [7, 11) is 0. The van der Waals surface area contributed by atoms with Crippen LogP contribution in [0.3, 0.4) is 0 Å². The highest BCUT2D eigenvalue weighted by molar-refractivity contribution is 5.95. The third-order valence-corrected chi connectivity index (χ3v) is 5.16. The van der Waals surface area contributed by atoms with Crippen molar-refractivity contribution in [2.75, 3.05) is 18.5 Å². The van der Waals surface area contributed by atoms with Crippen molar-refractivity contribution in [1.82, 2.24) is 5.32 Å². The summed E-state index contributed by atoms with van der Waals surface area (Å²) in [5.74, 6) is -3.84. The summed E-state index contributed by atoms with van der Waals surface area (Å²) in [6.07, 6.45) is 3.13. The third kappa shape index (κ3) is 5.00. The molecule has 0 saturated heterocycles. The Morgan fingerprint density at radius 1 is 0.933 bits per heavy atom. The molecule has 158 valence electrons. The smallest absolute Gasteiger partial charge is 0.317 e. The van der Waals surface area contributed by atoms with E-state index in [0.29, 0.717) is 12.8 Å². The van der Waals surface area contributed by atoms with E-state index in [1.54, 1.807) is 0 Å². The molecule has 3 rings (SSSR count). The van der Waals surface area contributed by atoms with Gasteiger partial charge in [-0.05, 0) is 30.5 Å². The van der Waals surface area contributed by atoms with Gasteiger partial charge >= 0.3 is 5.97 Å². The molecule has 6 nitrogen and oxygen atoms in total. The predicted octanol–water partition coefficient (Wildman–Crippen LogP) is 3.07. The lowest BCUT2D eigenvalue weighted by Gasteiger charge is -2.27. The Morgan fingerprint density at radius 2 is 1.63 bits per heavy atom. The van der Waals surface area contributed by atoms with E-state index in [2.05, 4.69) is 10.6 Å². The van der Waals surface area contributed by atoms with Crippen molar-refractivity contribution in [1.29, 1.82) is 0 Å². The molecule has 2 aromatic rings. The van der Waals surface area contributed by atoms with Gasteiger partial charge in [-0.15, -0.1) is 0 Å². The Hall–Kier alpha value is -3.29. The highest BCUT2D eigenvalue weighted by atomic mass is 19.2. The van der Waals surface area contributed by atoms with Crippen LogP contribution in [0.4, 0.5) is 14.5 Å². The number of carbonyl (C=O) groups excluding carboxylic acids is 3. The van der Waals surface area contributed by atoms with Crippen molar-refractivity contribution in [3.8, 4) is 0 Å². The lowest BCUT2D eigenvalue weighted by molar-refractivity contribution is -0.154. The van der Waals surface area contributed by atoms with Crippen LogP contribution in [-0.4, -0.2) is 30.9 Å². The van der Waals surface area contributed by atoms with Crippen LogP contribution in [0.2, 0.25) is 0 Å². The van der Waals surface area contributed by atoms with Gasteiger partial charge in [0, 0.05) is 11.8 Å². The van der Waals surface area contributed by atoms with E-state index in [9.17, 15) is 23.2 Å². The van der Waals surface area contributed by atoms with Gasteiger partial charge in [0.2, 0.25) is 5.91 Å². The molecular formula is C22H22F2N2O4. The molecule has 0 aromatic heterocycles. The van der Waals surface area contributed by atoms with Gasteiger partial charge in [-0.3, -0.25) is 14.4 Å². The average molecular weight is 416 g/mol. The van der Waals surface area contributed by atoms with Gasteiger partial charge in [0.1, 0.15) is 0 Å². The Labute approximate surface area is 172 Å². The van der Waals surface area contributed by atoms with Crippen LogP contribution >= 0.6 is 0 Å². The Balaban J connectivity index is 1.48. The molecule has 0 aliphatic heterocycles. The number of halogens is 2. The van der Waals surface area contributed by atoms with E-state index in [0.717, 1.165) is 30.5 Å². The van der Waals surface area contributed by atoms with Crippen LogP contribution in [-0.2, 0) is 24.5 Å². The minimum absolute atomic E-state index is 0.0608. The molecule has 1 aliphatic rings. The topological polar surface area (TPSA) is 84.5 Å². The first-order chi connectivity index (χ1) is 14.4. The molecule has 0 atom stereocenters. The van der Waals surface area contributed by atoms with Gasteiger partial charge in [-0.2, -0.15) is 0 Å². The maximum atomic E-state index is 13.2. The maximum Gasteiger partial charge on any atom is 0.317 e. The molecule has 2 amide bonds. The van der Waals surface area contributed by atoms with E-state index in [4.69, 9.17) is 4.74 Å². The van der Waals surface area contributed by atoms with Crippen molar-refractivity contribution in [3.63, 3.8) is 0 Å². The van der Waals surface area contributed by atoms with E-state index in [-0.39, 0.29) is 5.69 Å². The van der Waals surface area contributed by atoms with Crippen LogP contribution in [0.15, 0.2) is 48.5 Å². The molecule has 0 spiro atoms. The number of esters is 1. The quantitative estimate of drug-likeness (QED) is 0.680. The SMILES string of the molecule is O=C(COC(=O)C1(c2ccccc2)CCCC1)NCC(=O)Nc1ccc(F)c(F)c1. The summed E-state index contributed by atoms with van der Waals surface area (Å²) in [5.41, 5.74) is 0.190. The fraction of sp³-hybridized carbons (Fsp3) is 0.318. The predicted molar refractivity (Wildman–Crippen MR) is 106 cm³/mol. The van der Waals surface area contributed by atoms with Crippen LogP contribution in [0.1, 0.15) is 31.2 Å². The van der Waals surface area contributed by atoms with Crippen molar-refractivity contribution in [3.05, 3.63) is 65.7 Å². The second-order valence-electron chi connectivity index (χ2n) is 7.19. The van der Waals surface area contributed by atoms with Crippen LogP contribution in [0.5, 0.6) is 0 Å². The summed E-state index contributed by atoms with van der Waals surface area (Å²) in [6, 6.07) is 12.3. The number of anilines is 1. The summed E-state index contributed by atoms with van der Waals surface area (Å²) in [5, 5.41) is 4.67. The van der Waals surface area contributed by atoms with E-state index < -0.39 is 48.0 Å². The van der Waals surface area contributed by atoms with Crippen LogP contribution in [0.25, 0.3) is 0 Å². The average Bonchev–Trinajstić information content (AvgIpc) is 3.25. The molecule has 8 heteroatoms. The Kier molecular flexibility index (Phi) is 6.76. The number of hydrogen-bond donors (Lipinski definition) is 2. The normalized spacial score (nSPS) is 14.7. The molecule has 1 aliphatic carbocycles. The monoisotopic (exact) mass is 416 g/mol. The summed E-state index contributed by atoms with van der Waals surface area (Å²) >= 11 is 0. The summed E-state index contributed by atoms with van der Waals surface area (Å²) in [6.45, 7) is -0.912. The fourth-order valence-electron chi connectivity index (χ4n) is 3.62. The van der Waals surface area contributed by atoms with Crippen molar-refractivity contribution >= 4 is 23.5 Å². The minimum Gasteiger partial charge on any atom is -0.455 e. The fourth-order valence-corrected chi connectivity index (χ4v) is 3.62. The molecule has 0 unspecified atom stereocenters. The van der Waals surface area contributed by atoms with Crippen LogP contribution in [0, 0.1) is 11.6 Å². The van der Waals surface area contributed by atoms with Gasteiger partial charge < -0.3 is 15.4 Å². The number of rotatable bonds is 7. The molecule has 2 N–H and O–H groups in total. The van der Waals surface area contributed by atoms with Gasteiger partial charge in [0.25, 0.3) is 5.91 Å². The third-order valence-electron chi connectivity index (χ3n) is 5.16. The second kappa shape index (κ2) is 9.47. The highest BCUT2D eigenvalue weighted by Gasteiger charge is 2.44. The molecule has 30 heavy (non-hydrogen) atoms. The van der Waals surface area contributed by atoms with Gasteiger partial charge in [0.05, 0.1) is 12.0 Å². The van der Waals surface area contributed by atoms with E-state index >= 15 is 0 Å². The first-order valence-corrected chi connectivity index (χ1v) is 9.65. The van der Waals surface area contributed by atoms with Crippen molar-refractivity contribution in [2.24, 2.45) is 0 Å². The molecular weight excluding hydrogens is 394 g/mol. The lowest BCUT2D eigenvalue weighted by atomic mass is 9.79. The molecule has 1 fully saturated rings. The maximum absolute atomic E-state index is 13.2. The first kappa shape index (κ1) is 21.4. The zero-order chi connectivity index (χ0) is 21.6. The number of nitrogens with one attached hydrogen (secondary N) is 2. The zero-order valence-corrected chi connectivity index (χ0v) is 16.3. The number of carbonyl (C=O) groups is 3.